The number of nitrogen functional groups attached to an aromatic ring is 1. The second kappa shape index (κ2) is 10.8. The number of hydrogen-bond acceptors (Lipinski definition) is 10. The average molecular weight is 582 g/mol. The van der Waals surface area contributed by atoms with Crippen molar-refractivity contribution >= 4 is 42.5 Å². The molecule has 208 valence electrons. The summed E-state index contributed by atoms with van der Waals surface area (Å²) in [5.74, 6) is -1.70. The summed E-state index contributed by atoms with van der Waals surface area (Å²) >= 11 is 6.01. The minimum Gasteiger partial charge on any atom is -0.462 e. The summed E-state index contributed by atoms with van der Waals surface area (Å²) in [6, 6.07) is 3.52. The van der Waals surface area contributed by atoms with Gasteiger partial charge in [-0.05, 0) is 23.8 Å². The fraction of sp³-hybridized carbons (Fsp3) is 0.417. The molecule has 1 saturated heterocycles. The van der Waals surface area contributed by atoms with Crippen molar-refractivity contribution in [2.45, 2.75) is 44.4 Å². The molecule has 3 heterocycles. The number of esters is 1. The lowest BCUT2D eigenvalue weighted by molar-refractivity contribution is -0.150. The molecule has 2 aromatic heterocycles. The number of nitrogens with two attached hydrogens (primary N) is 1. The molecule has 12 nitrogen and oxygen atoms in total. The van der Waals surface area contributed by atoms with E-state index in [0.29, 0.717) is 10.6 Å². The molecule has 3 aromatic rings. The Hall–Kier alpha value is -3.09. The summed E-state index contributed by atoms with van der Waals surface area (Å²) in [4.78, 5) is 35.2. The Morgan fingerprint density at radius 2 is 2.23 bits per heavy atom. The van der Waals surface area contributed by atoms with Crippen molar-refractivity contribution in [1.29, 1.82) is 0 Å². The molecular weight excluding hydrogens is 556 g/mol. The summed E-state index contributed by atoms with van der Waals surface area (Å²) in [5, 5.41) is 0.302. The van der Waals surface area contributed by atoms with Crippen LogP contribution in [-0.4, -0.2) is 44.8 Å². The van der Waals surface area contributed by atoms with Crippen molar-refractivity contribution in [1.82, 2.24) is 19.5 Å². The number of anilines is 1. The molecule has 0 bridgehead atoms. The van der Waals surface area contributed by atoms with Crippen LogP contribution in [0.2, 0.25) is 5.02 Å². The predicted octanol–water partition coefficient (Wildman–Crippen LogP) is 4.24. The SMILES string of the molecule is C=C1[C@H](COP2(=O)OCC[C@H](c3cc(Cl)ccc3F)O2)[C@@H](OC(=O)CC)C[C@@H]1n1cnc2c(=O)[nH]c(N)nc21. The number of aromatic amines is 1. The first-order chi connectivity index (χ1) is 18.6. The number of phosphoric ester groups is 1. The van der Waals surface area contributed by atoms with Gasteiger partial charge in [-0.25, -0.2) is 13.9 Å². The highest BCUT2D eigenvalue weighted by Gasteiger charge is 2.45. The maximum Gasteiger partial charge on any atom is 0.475 e. The number of phosphoric acid groups is 1. The van der Waals surface area contributed by atoms with Crippen molar-refractivity contribution in [3.8, 4) is 0 Å². The van der Waals surface area contributed by atoms with Crippen LogP contribution < -0.4 is 11.3 Å². The maximum absolute atomic E-state index is 14.4. The van der Waals surface area contributed by atoms with Gasteiger partial charge in [0.25, 0.3) is 5.56 Å². The van der Waals surface area contributed by atoms with Gasteiger partial charge in [0.05, 0.1) is 31.7 Å². The summed E-state index contributed by atoms with van der Waals surface area (Å²) in [6.45, 7) is 5.60. The van der Waals surface area contributed by atoms with E-state index in [1.165, 1.54) is 24.5 Å². The zero-order valence-electron chi connectivity index (χ0n) is 20.8. The molecule has 0 radical (unpaired) electrons. The highest BCUT2D eigenvalue weighted by atomic mass is 35.5. The number of halogens is 2. The number of rotatable bonds is 7. The fourth-order valence-electron chi connectivity index (χ4n) is 4.81. The van der Waals surface area contributed by atoms with Gasteiger partial charge in [-0.2, -0.15) is 4.98 Å². The normalized spacial score (nSPS) is 27.2. The molecule has 5 rings (SSSR count). The number of benzene rings is 1. The third-order valence-electron chi connectivity index (χ3n) is 6.77. The summed E-state index contributed by atoms with van der Waals surface area (Å²) < 4.78 is 51.7. The van der Waals surface area contributed by atoms with Crippen LogP contribution in [0.3, 0.4) is 0 Å². The van der Waals surface area contributed by atoms with E-state index in [1.54, 1.807) is 11.5 Å². The van der Waals surface area contributed by atoms with Crippen molar-refractivity contribution in [2.24, 2.45) is 5.92 Å². The topological polar surface area (TPSA) is 161 Å². The molecule has 0 amide bonds. The van der Waals surface area contributed by atoms with Gasteiger partial charge in [0.15, 0.2) is 11.2 Å². The fourth-order valence-corrected chi connectivity index (χ4v) is 6.38. The predicted molar refractivity (Wildman–Crippen MR) is 138 cm³/mol. The summed E-state index contributed by atoms with van der Waals surface area (Å²) in [6.07, 6.45) is 0.473. The van der Waals surface area contributed by atoms with Gasteiger partial charge in [-0.15, -0.1) is 0 Å². The molecule has 1 aliphatic heterocycles. The van der Waals surface area contributed by atoms with E-state index >= 15 is 0 Å². The smallest absolute Gasteiger partial charge is 0.462 e. The first-order valence-electron chi connectivity index (χ1n) is 12.2. The second-order valence-electron chi connectivity index (χ2n) is 9.21. The van der Waals surface area contributed by atoms with Crippen molar-refractivity contribution < 1.29 is 32.1 Å². The van der Waals surface area contributed by atoms with Gasteiger partial charge < -0.3 is 15.0 Å². The van der Waals surface area contributed by atoms with Gasteiger partial charge in [0.2, 0.25) is 5.95 Å². The number of carbonyl (C=O) groups is 1. The van der Waals surface area contributed by atoms with Crippen LogP contribution in [0.15, 0.2) is 41.5 Å². The number of fused-ring (bicyclic) bond motifs is 1. The Kier molecular flexibility index (Phi) is 7.62. The molecule has 39 heavy (non-hydrogen) atoms. The Balaban J connectivity index is 1.38. The zero-order valence-corrected chi connectivity index (χ0v) is 22.5. The molecule has 2 aliphatic rings. The number of hydrogen-bond donors (Lipinski definition) is 2. The van der Waals surface area contributed by atoms with Crippen LogP contribution in [0, 0.1) is 11.7 Å². The standard InChI is InChI=1S/C24H26ClFN5O7P/c1-3-20(32)37-19-9-17(31-11-28-21-22(31)29-24(27)30-23(21)33)12(2)15(19)10-36-39(34)35-7-6-18(38-39)14-8-13(25)4-5-16(14)26/h4-5,8,11,15,17-19H,2-3,6-7,9-10H2,1H3,(H3,27,29,30,33)/t15-,17-,18+,19-,39?/m0/s1. The molecule has 5 atom stereocenters. The molecule has 2 fully saturated rings. The molecular formula is C24H26ClFN5O7P. The first kappa shape index (κ1) is 27.5. The minimum atomic E-state index is -4.13. The number of ether oxygens (including phenoxy) is 1. The molecule has 15 heteroatoms. The van der Waals surface area contributed by atoms with Crippen LogP contribution >= 0.6 is 19.4 Å². The van der Waals surface area contributed by atoms with E-state index in [-0.39, 0.29) is 55.2 Å². The Labute approximate surface area is 226 Å². The maximum atomic E-state index is 14.4. The Bertz CT molecular complexity index is 1540. The summed E-state index contributed by atoms with van der Waals surface area (Å²) in [5.41, 5.74) is 6.27. The molecule has 1 aromatic carbocycles. The first-order valence-corrected chi connectivity index (χ1v) is 14.1. The third kappa shape index (κ3) is 5.50. The number of imidazole rings is 1. The van der Waals surface area contributed by atoms with Crippen molar-refractivity contribution in [3.63, 3.8) is 0 Å². The minimum absolute atomic E-state index is 0.000944. The number of aromatic nitrogens is 4. The van der Waals surface area contributed by atoms with E-state index in [0.717, 1.165) is 0 Å². The largest absolute Gasteiger partial charge is 0.475 e. The quantitative estimate of drug-likeness (QED) is 0.234. The molecule has 1 aliphatic carbocycles. The number of H-pyrrole nitrogens is 1. The monoisotopic (exact) mass is 581 g/mol. The highest BCUT2D eigenvalue weighted by Crippen LogP contribution is 2.58. The lowest BCUT2D eigenvalue weighted by Crippen LogP contribution is -2.26. The Morgan fingerprint density at radius 1 is 1.44 bits per heavy atom. The summed E-state index contributed by atoms with van der Waals surface area (Å²) in [7, 11) is -4.13. The van der Waals surface area contributed by atoms with Gasteiger partial charge in [-0.1, -0.05) is 25.1 Å². The zero-order chi connectivity index (χ0) is 27.9. The van der Waals surface area contributed by atoms with Crippen molar-refractivity contribution in [2.75, 3.05) is 18.9 Å². The van der Waals surface area contributed by atoms with Crippen LogP contribution in [0.4, 0.5) is 10.3 Å². The van der Waals surface area contributed by atoms with Crippen molar-refractivity contribution in [3.05, 3.63) is 63.4 Å². The highest BCUT2D eigenvalue weighted by molar-refractivity contribution is 7.48. The number of nitrogens with one attached hydrogen (secondary N) is 1. The van der Waals surface area contributed by atoms with E-state index in [2.05, 4.69) is 21.5 Å². The Morgan fingerprint density at radius 3 is 3.00 bits per heavy atom. The van der Waals surface area contributed by atoms with Crippen LogP contribution in [0.25, 0.3) is 11.2 Å². The van der Waals surface area contributed by atoms with Crippen LogP contribution in [-0.2, 0) is 27.7 Å². The van der Waals surface area contributed by atoms with Gasteiger partial charge >= 0.3 is 13.8 Å². The average Bonchev–Trinajstić information content (AvgIpc) is 3.44. The number of nitrogens with zero attached hydrogens (tertiary/aromatic N) is 3. The number of carbonyl (C=O) groups excluding carboxylic acids is 1. The van der Waals surface area contributed by atoms with Crippen LogP contribution in [0.5, 0.6) is 0 Å². The van der Waals surface area contributed by atoms with Gasteiger partial charge in [0, 0.05) is 35.8 Å². The van der Waals surface area contributed by atoms with E-state index < -0.39 is 49.3 Å². The second-order valence-corrected chi connectivity index (χ2v) is 11.3. The van der Waals surface area contributed by atoms with E-state index in [4.69, 9.17) is 35.6 Å². The molecule has 3 N–H and O–H groups in total. The molecule has 1 unspecified atom stereocenters. The molecule has 1 saturated carbocycles. The van der Waals surface area contributed by atoms with Gasteiger partial charge in [0.1, 0.15) is 11.9 Å². The third-order valence-corrected chi connectivity index (χ3v) is 8.48. The lowest BCUT2D eigenvalue weighted by Gasteiger charge is -2.30. The van der Waals surface area contributed by atoms with E-state index in [9.17, 15) is 18.5 Å². The molecule has 0 spiro atoms. The van der Waals surface area contributed by atoms with E-state index in [1.807, 2.05) is 0 Å². The van der Waals surface area contributed by atoms with Gasteiger partial charge in [-0.3, -0.25) is 28.1 Å². The lowest BCUT2D eigenvalue weighted by atomic mass is 10.0. The van der Waals surface area contributed by atoms with Crippen LogP contribution in [0.1, 0.15) is 43.9 Å².